The van der Waals surface area contributed by atoms with E-state index in [9.17, 15) is 14.0 Å². The van der Waals surface area contributed by atoms with Gasteiger partial charge in [-0.1, -0.05) is 30.6 Å². The van der Waals surface area contributed by atoms with Crippen LogP contribution in [0.4, 0.5) is 10.2 Å². The lowest BCUT2D eigenvalue weighted by Gasteiger charge is -2.38. The standard InChI is InChI=1S/C23H23FN2O4/c1-3-13-4-9-17-16(11-13)21(27)19-20(14-5-7-15(24)8-6-14)26(23(28)22(19)29-17)18-10-12(2)30-25-18/h5-8,10,13,16-17,20H,3-4,9,11H2,1-2H3. The van der Waals surface area contributed by atoms with E-state index in [1.807, 2.05) is 0 Å². The van der Waals surface area contributed by atoms with Crippen LogP contribution in [0, 0.1) is 24.6 Å². The Morgan fingerprint density at radius 2 is 1.97 bits per heavy atom. The molecule has 0 spiro atoms. The molecule has 3 aliphatic rings. The Kier molecular flexibility index (Phi) is 4.49. The summed E-state index contributed by atoms with van der Waals surface area (Å²) in [5.74, 6) is 0.367. The number of Topliss-reactive ketones (excluding diaryl/α,β-unsaturated/α-hetero) is 1. The largest absolute Gasteiger partial charge is 0.483 e. The zero-order chi connectivity index (χ0) is 21.0. The van der Waals surface area contributed by atoms with Gasteiger partial charge in [-0.3, -0.25) is 14.5 Å². The molecule has 0 bridgehead atoms. The van der Waals surface area contributed by atoms with Gasteiger partial charge in [-0.15, -0.1) is 0 Å². The maximum absolute atomic E-state index is 13.6. The Labute approximate surface area is 173 Å². The number of halogens is 1. The molecule has 0 N–H and O–H groups in total. The van der Waals surface area contributed by atoms with Crippen LogP contribution in [0.2, 0.25) is 0 Å². The van der Waals surface area contributed by atoms with Crippen molar-refractivity contribution in [3.05, 3.63) is 58.8 Å². The van der Waals surface area contributed by atoms with Gasteiger partial charge in [-0.2, -0.15) is 0 Å². The normalized spacial score (nSPS) is 28.4. The van der Waals surface area contributed by atoms with Gasteiger partial charge < -0.3 is 9.26 Å². The van der Waals surface area contributed by atoms with Crippen LogP contribution in [0.15, 0.2) is 46.2 Å². The van der Waals surface area contributed by atoms with Gasteiger partial charge >= 0.3 is 0 Å². The van der Waals surface area contributed by atoms with Crippen molar-refractivity contribution in [3.63, 3.8) is 0 Å². The molecule has 3 heterocycles. The highest BCUT2D eigenvalue weighted by molar-refractivity contribution is 6.17. The minimum atomic E-state index is -0.715. The number of amides is 1. The summed E-state index contributed by atoms with van der Waals surface area (Å²) in [6.45, 7) is 3.87. The van der Waals surface area contributed by atoms with Gasteiger partial charge in [0.05, 0.1) is 17.5 Å². The predicted molar refractivity (Wildman–Crippen MR) is 106 cm³/mol. The third-order valence-electron chi connectivity index (χ3n) is 6.58. The number of benzene rings is 1. The molecular formula is C23H23FN2O4. The van der Waals surface area contributed by atoms with Gasteiger partial charge in [-0.25, -0.2) is 4.39 Å². The van der Waals surface area contributed by atoms with Crippen molar-refractivity contribution in [3.8, 4) is 0 Å². The van der Waals surface area contributed by atoms with Gasteiger partial charge in [-0.05, 0) is 49.8 Å². The second kappa shape index (κ2) is 7.07. The molecule has 1 amide bonds. The molecule has 1 aromatic carbocycles. The van der Waals surface area contributed by atoms with Gasteiger partial charge in [0.1, 0.15) is 17.7 Å². The zero-order valence-electron chi connectivity index (χ0n) is 16.9. The average molecular weight is 410 g/mol. The number of nitrogens with zero attached hydrogens (tertiary/aromatic N) is 2. The van der Waals surface area contributed by atoms with Gasteiger partial charge in [0.15, 0.2) is 17.4 Å². The molecule has 0 radical (unpaired) electrons. The molecule has 4 unspecified atom stereocenters. The number of anilines is 1. The average Bonchev–Trinajstić information content (AvgIpc) is 3.30. The number of hydrogen-bond acceptors (Lipinski definition) is 5. The summed E-state index contributed by atoms with van der Waals surface area (Å²) in [7, 11) is 0. The van der Waals surface area contributed by atoms with Crippen molar-refractivity contribution in [2.75, 3.05) is 4.90 Å². The molecule has 6 nitrogen and oxygen atoms in total. The third kappa shape index (κ3) is 2.87. The van der Waals surface area contributed by atoms with Crippen molar-refractivity contribution >= 4 is 17.5 Å². The fourth-order valence-corrected chi connectivity index (χ4v) is 4.99. The van der Waals surface area contributed by atoms with Gasteiger partial charge in [0.2, 0.25) is 0 Å². The van der Waals surface area contributed by atoms with E-state index >= 15 is 0 Å². The van der Waals surface area contributed by atoms with E-state index in [1.165, 1.54) is 17.0 Å². The van der Waals surface area contributed by atoms with E-state index in [1.54, 1.807) is 25.1 Å². The molecule has 1 aliphatic carbocycles. The van der Waals surface area contributed by atoms with Gasteiger partial charge in [0.25, 0.3) is 5.91 Å². The lowest BCUT2D eigenvalue weighted by atomic mass is 9.73. The maximum atomic E-state index is 13.6. The minimum Gasteiger partial charge on any atom is -0.483 e. The predicted octanol–water partition coefficient (Wildman–Crippen LogP) is 4.26. The summed E-state index contributed by atoms with van der Waals surface area (Å²) in [5, 5.41) is 4.00. The molecular weight excluding hydrogens is 387 g/mol. The van der Waals surface area contributed by atoms with Crippen LogP contribution in [0.3, 0.4) is 0 Å². The summed E-state index contributed by atoms with van der Waals surface area (Å²) in [5.41, 5.74) is 0.985. The number of hydrogen-bond donors (Lipinski definition) is 0. The molecule has 30 heavy (non-hydrogen) atoms. The Balaban J connectivity index is 1.62. The van der Waals surface area contributed by atoms with Crippen molar-refractivity contribution in [1.82, 2.24) is 5.16 Å². The first-order valence-electron chi connectivity index (χ1n) is 10.4. The first-order chi connectivity index (χ1) is 14.5. The number of rotatable bonds is 3. The van der Waals surface area contributed by atoms with Crippen LogP contribution >= 0.6 is 0 Å². The quantitative estimate of drug-likeness (QED) is 0.756. The number of aromatic nitrogens is 1. The highest BCUT2D eigenvalue weighted by Gasteiger charge is 2.53. The number of carbonyl (C=O) groups excluding carboxylic acids is 2. The van der Waals surface area contributed by atoms with E-state index in [-0.39, 0.29) is 29.4 Å². The fraction of sp³-hybridized carbons (Fsp3) is 0.435. The molecule has 7 heteroatoms. The monoisotopic (exact) mass is 410 g/mol. The fourth-order valence-electron chi connectivity index (χ4n) is 4.99. The summed E-state index contributed by atoms with van der Waals surface area (Å²) in [6.07, 6.45) is 3.28. The summed E-state index contributed by atoms with van der Waals surface area (Å²) >= 11 is 0. The van der Waals surface area contributed by atoms with Crippen molar-refractivity contribution in [2.24, 2.45) is 11.8 Å². The number of fused-ring (bicyclic) bond motifs is 1. The van der Waals surface area contributed by atoms with Crippen LogP contribution in [0.1, 0.15) is 50.0 Å². The minimum absolute atomic E-state index is 0.0372. The molecule has 156 valence electrons. The Morgan fingerprint density at radius 1 is 1.20 bits per heavy atom. The molecule has 0 saturated heterocycles. The molecule has 4 atom stereocenters. The van der Waals surface area contributed by atoms with E-state index in [0.29, 0.717) is 28.6 Å². The molecule has 2 aliphatic heterocycles. The summed E-state index contributed by atoms with van der Waals surface area (Å²) < 4.78 is 24.9. The van der Waals surface area contributed by atoms with Crippen molar-refractivity contribution in [2.45, 2.75) is 51.7 Å². The number of ketones is 1. The first-order valence-corrected chi connectivity index (χ1v) is 10.4. The molecule has 1 saturated carbocycles. The van der Waals surface area contributed by atoms with Crippen LogP contribution in [0.5, 0.6) is 0 Å². The van der Waals surface area contributed by atoms with Gasteiger partial charge in [0, 0.05) is 6.07 Å². The van der Waals surface area contributed by atoms with E-state index in [4.69, 9.17) is 9.26 Å². The molecule has 1 aromatic heterocycles. The lowest BCUT2D eigenvalue weighted by molar-refractivity contribution is -0.132. The highest BCUT2D eigenvalue weighted by atomic mass is 19.1. The number of aryl methyl sites for hydroxylation is 1. The second-order valence-corrected chi connectivity index (χ2v) is 8.38. The SMILES string of the molecule is CCC1CCC2OC3=C(C(=O)C2C1)C(c1ccc(F)cc1)N(c1cc(C)on1)C3=O. The smallest absolute Gasteiger partial charge is 0.295 e. The highest BCUT2D eigenvalue weighted by Crippen LogP contribution is 2.49. The Bertz CT molecular complexity index is 1040. The second-order valence-electron chi connectivity index (χ2n) is 8.38. The van der Waals surface area contributed by atoms with E-state index in [2.05, 4.69) is 12.1 Å². The summed E-state index contributed by atoms with van der Waals surface area (Å²) in [4.78, 5) is 28.5. The lowest BCUT2D eigenvalue weighted by Crippen LogP contribution is -2.41. The maximum Gasteiger partial charge on any atom is 0.295 e. The van der Waals surface area contributed by atoms with Crippen LogP contribution in [-0.2, 0) is 14.3 Å². The van der Waals surface area contributed by atoms with E-state index < -0.39 is 11.9 Å². The Hall–Kier alpha value is -2.96. The van der Waals surface area contributed by atoms with Crippen molar-refractivity contribution < 1.29 is 23.2 Å². The molecule has 1 fully saturated rings. The summed E-state index contributed by atoms with van der Waals surface area (Å²) in [6, 6.07) is 6.78. The first kappa shape index (κ1) is 19.0. The Morgan fingerprint density at radius 3 is 2.63 bits per heavy atom. The van der Waals surface area contributed by atoms with Crippen LogP contribution in [0.25, 0.3) is 0 Å². The van der Waals surface area contributed by atoms with Crippen molar-refractivity contribution in [1.29, 1.82) is 0 Å². The molecule has 5 rings (SSSR count). The third-order valence-corrected chi connectivity index (χ3v) is 6.58. The van der Waals surface area contributed by atoms with E-state index in [0.717, 1.165) is 25.7 Å². The number of ether oxygens (including phenoxy) is 1. The van der Waals surface area contributed by atoms with Crippen LogP contribution < -0.4 is 4.90 Å². The number of carbonyl (C=O) groups is 2. The zero-order valence-corrected chi connectivity index (χ0v) is 16.9. The molecule has 2 aromatic rings. The topological polar surface area (TPSA) is 72.6 Å². The van der Waals surface area contributed by atoms with Crippen LogP contribution in [-0.4, -0.2) is 23.0 Å².